The average Bonchev–Trinajstić information content (AvgIpc) is 2.22. The molecule has 1 atom stereocenters. The van der Waals surface area contributed by atoms with Gasteiger partial charge in [0.05, 0.1) is 6.61 Å². The first kappa shape index (κ1) is 14.2. The first-order chi connectivity index (χ1) is 8.02. The molecule has 96 valence electrons. The maximum atomic E-state index is 5.24. The highest BCUT2D eigenvalue weighted by Crippen LogP contribution is 2.10. The summed E-state index contributed by atoms with van der Waals surface area (Å²) in [5.41, 5.74) is 4.01. The van der Waals surface area contributed by atoms with Gasteiger partial charge in [-0.15, -0.1) is 0 Å². The molecule has 1 aromatic rings. The third-order valence-corrected chi connectivity index (χ3v) is 3.00. The van der Waals surface area contributed by atoms with Crippen LogP contribution in [0.5, 0.6) is 0 Å². The lowest BCUT2D eigenvalue weighted by atomic mass is 10.0. The van der Waals surface area contributed by atoms with Crippen molar-refractivity contribution >= 4 is 0 Å². The summed E-state index contributed by atoms with van der Waals surface area (Å²) in [6.07, 6.45) is 0. The number of hydrogen-bond donors (Lipinski definition) is 1. The van der Waals surface area contributed by atoms with Crippen molar-refractivity contribution in [2.45, 2.75) is 40.3 Å². The lowest BCUT2D eigenvalue weighted by Gasteiger charge is -2.21. The third-order valence-electron chi connectivity index (χ3n) is 3.00. The van der Waals surface area contributed by atoms with Crippen molar-refractivity contribution < 1.29 is 4.74 Å². The second-order valence-electron chi connectivity index (χ2n) is 5.18. The van der Waals surface area contributed by atoms with Gasteiger partial charge in [-0.3, -0.25) is 0 Å². The highest BCUT2D eigenvalue weighted by Gasteiger charge is 2.12. The highest BCUT2D eigenvalue weighted by molar-refractivity contribution is 5.28. The van der Waals surface area contributed by atoms with Crippen molar-refractivity contribution in [2.75, 3.05) is 13.7 Å². The van der Waals surface area contributed by atoms with E-state index in [0.29, 0.717) is 12.0 Å². The summed E-state index contributed by atoms with van der Waals surface area (Å²) in [7, 11) is 1.76. The number of aryl methyl sites for hydroxylation is 2. The van der Waals surface area contributed by atoms with Crippen molar-refractivity contribution in [3.8, 4) is 0 Å². The summed E-state index contributed by atoms with van der Waals surface area (Å²) in [6, 6.07) is 7.10. The van der Waals surface area contributed by atoms with Gasteiger partial charge in [-0.2, -0.15) is 0 Å². The number of rotatable bonds is 6. The van der Waals surface area contributed by atoms with Gasteiger partial charge in [-0.1, -0.05) is 43.2 Å². The van der Waals surface area contributed by atoms with E-state index in [4.69, 9.17) is 4.74 Å². The lowest BCUT2D eigenvalue weighted by Crippen LogP contribution is -2.37. The Labute approximate surface area is 105 Å². The Morgan fingerprint density at radius 3 is 2.18 bits per heavy atom. The molecule has 0 saturated carbocycles. The van der Waals surface area contributed by atoms with E-state index in [1.54, 1.807) is 7.11 Å². The molecular formula is C15H25NO. The zero-order chi connectivity index (χ0) is 12.8. The van der Waals surface area contributed by atoms with E-state index < -0.39 is 0 Å². The zero-order valence-corrected chi connectivity index (χ0v) is 11.7. The fourth-order valence-corrected chi connectivity index (χ4v) is 2.09. The summed E-state index contributed by atoms with van der Waals surface area (Å²) in [5, 5.41) is 3.57. The van der Waals surface area contributed by atoms with Gasteiger partial charge in [0.15, 0.2) is 0 Å². The van der Waals surface area contributed by atoms with Crippen LogP contribution >= 0.6 is 0 Å². The molecule has 17 heavy (non-hydrogen) atoms. The molecule has 0 heterocycles. The van der Waals surface area contributed by atoms with E-state index >= 15 is 0 Å². The molecule has 2 heteroatoms. The molecule has 0 saturated heterocycles. The van der Waals surface area contributed by atoms with Crippen molar-refractivity contribution in [3.05, 3.63) is 34.9 Å². The van der Waals surface area contributed by atoms with Crippen LogP contribution in [0.3, 0.4) is 0 Å². The molecule has 0 spiro atoms. The largest absolute Gasteiger partial charge is 0.383 e. The first-order valence-electron chi connectivity index (χ1n) is 6.32. The van der Waals surface area contributed by atoms with E-state index in [2.05, 4.69) is 51.2 Å². The number of ether oxygens (including phenoxy) is 1. The molecule has 1 unspecified atom stereocenters. The Kier molecular flexibility index (Phi) is 5.66. The van der Waals surface area contributed by atoms with E-state index in [1.165, 1.54) is 16.7 Å². The molecule has 1 aromatic carbocycles. The Morgan fingerprint density at radius 1 is 1.12 bits per heavy atom. The summed E-state index contributed by atoms with van der Waals surface area (Å²) in [6.45, 7) is 10.4. The number of nitrogens with one attached hydrogen (secondary N) is 1. The molecule has 0 amide bonds. The van der Waals surface area contributed by atoms with Gasteiger partial charge < -0.3 is 10.1 Å². The Balaban J connectivity index is 2.58. The summed E-state index contributed by atoms with van der Waals surface area (Å²) in [4.78, 5) is 0. The Bertz CT molecular complexity index is 327. The molecule has 0 radical (unpaired) electrons. The molecule has 1 N–H and O–H groups in total. The van der Waals surface area contributed by atoms with Crippen molar-refractivity contribution in [2.24, 2.45) is 5.92 Å². The monoisotopic (exact) mass is 235 g/mol. The van der Waals surface area contributed by atoms with Crippen molar-refractivity contribution in [1.82, 2.24) is 5.32 Å². The van der Waals surface area contributed by atoms with Crippen LogP contribution in [0.2, 0.25) is 0 Å². The fourth-order valence-electron chi connectivity index (χ4n) is 2.09. The molecule has 0 aliphatic carbocycles. The molecule has 1 rings (SSSR count). The predicted octanol–water partition coefficient (Wildman–Crippen LogP) is 3.06. The Hall–Kier alpha value is -0.860. The van der Waals surface area contributed by atoms with Gasteiger partial charge in [0.1, 0.15) is 0 Å². The van der Waals surface area contributed by atoms with Crippen molar-refractivity contribution in [3.63, 3.8) is 0 Å². The number of benzene rings is 1. The lowest BCUT2D eigenvalue weighted by molar-refractivity contribution is 0.146. The second-order valence-corrected chi connectivity index (χ2v) is 5.18. The second kappa shape index (κ2) is 6.77. The quantitative estimate of drug-likeness (QED) is 0.818. The topological polar surface area (TPSA) is 21.3 Å². The minimum Gasteiger partial charge on any atom is -0.383 e. The van der Waals surface area contributed by atoms with Crippen LogP contribution in [0.25, 0.3) is 0 Å². The smallest absolute Gasteiger partial charge is 0.0618 e. The van der Waals surface area contributed by atoms with Gasteiger partial charge in [-0.25, -0.2) is 0 Å². The van der Waals surface area contributed by atoms with Crippen molar-refractivity contribution in [1.29, 1.82) is 0 Å². The van der Waals surface area contributed by atoms with Crippen LogP contribution in [0.4, 0.5) is 0 Å². The maximum absolute atomic E-state index is 5.24. The van der Waals surface area contributed by atoms with Gasteiger partial charge >= 0.3 is 0 Å². The van der Waals surface area contributed by atoms with Gasteiger partial charge in [0, 0.05) is 19.7 Å². The van der Waals surface area contributed by atoms with Crippen LogP contribution < -0.4 is 5.32 Å². The normalized spacial score (nSPS) is 13.1. The van der Waals surface area contributed by atoms with Crippen LogP contribution in [0.1, 0.15) is 30.5 Å². The summed E-state index contributed by atoms with van der Waals surface area (Å²) < 4.78 is 5.24. The third kappa shape index (κ3) is 4.88. The highest BCUT2D eigenvalue weighted by atomic mass is 16.5. The van der Waals surface area contributed by atoms with E-state index in [9.17, 15) is 0 Å². The average molecular weight is 235 g/mol. The molecule has 0 bridgehead atoms. The molecule has 0 aliphatic rings. The molecule has 0 aromatic heterocycles. The van der Waals surface area contributed by atoms with Crippen LogP contribution in [-0.4, -0.2) is 19.8 Å². The van der Waals surface area contributed by atoms with Gasteiger partial charge in [0.25, 0.3) is 0 Å². The van der Waals surface area contributed by atoms with E-state index in [-0.39, 0.29) is 0 Å². The van der Waals surface area contributed by atoms with Crippen LogP contribution in [-0.2, 0) is 11.3 Å². The minimum atomic E-state index is 0.417. The molecule has 2 nitrogen and oxygen atoms in total. The fraction of sp³-hybridized carbons (Fsp3) is 0.600. The first-order valence-corrected chi connectivity index (χ1v) is 6.32. The predicted molar refractivity (Wildman–Crippen MR) is 73.3 cm³/mol. The SMILES string of the molecule is COCC(NCc1cc(C)cc(C)c1)C(C)C. The summed E-state index contributed by atoms with van der Waals surface area (Å²) >= 11 is 0. The summed E-state index contributed by atoms with van der Waals surface area (Å²) in [5.74, 6) is 0.584. The molecule has 0 fully saturated rings. The van der Waals surface area contributed by atoms with Gasteiger partial charge in [-0.05, 0) is 25.3 Å². The molecule has 0 aliphatic heterocycles. The number of methoxy groups -OCH3 is 1. The van der Waals surface area contributed by atoms with E-state index in [1.807, 2.05) is 0 Å². The minimum absolute atomic E-state index is 0.417. The zero-order valence-electron chi connectivity index (χ0n) is 11.7. The Morgan fingerprint density at radius 2 is 1.71 bits per heavy atom. The maximum Gasteiger partial charge on any atom is 0.0618 e. The van der Waals surface area contributed by atoms with Crippen LogP contribution in [0, 0.1) is 19.8 Å². The van der Waals surface area contributed by atoms with Gasteiger partial charge in [0.2, 0.25) is 0 Å². The van der Waals surface area contributed by atoms with E-state index in [0.717, 1.165) is 13.2 Å². The molecular weight excluding hydrogens is 210 g/mol. The van der Waals surface area contributed by atoms with Crippen LogP contribution in [0.15, 0.2) is 18.2 Å². The standard InChI is InChI=1S/C15H25NO/c1-11(2)15(10-17-5)16-9-14-7-12(3)6-13(4)8-14/h6-8,11,15-16H,9-10H2,1-5H3. The number of hydrogen-bond acceptors (Lipinski definition) is 2.